The maximum absolute atomic E-state index is 11.6. The van der Waals surface area contributed by atoms with Gasteiger partial charge in [0.15, 0.2) is 0 Å². The van der Waals surface area contributed by atoms with Crippen molar-refractivity contribution in [3.05, 3.63) is 52.0 Å². The van der Waals surface area contributed by atoms with Crippen molar-refractivity contribution in [2.24, 2.45) is 0 Å². The topological polar surface area (TPSA) is 46.2 Å². The third kappa shape index (κ3) is 2.57. The van der Waals surface area contributed by atoms with E-state index >= 15 is 0 Å². The molecule has 5 heteroatoms. The molecule has 0 saturated carbocycles. The number of Topliss-reactive ketones (excluding diaryl/α,β-unsaturated/α-hetero) is 1. The lowest BCUT2D eigenvalue weighted by Crippen LogP contribution is -2.12. The van der Waals surface area contributed by atoms with Crippen molar-refractivity contribution in [2.75, 3.05) is 5.32 Å². The highest BCUT2D eigenvalue weighted by Crippen LogP contribution is 2.39. The summed E-state index contributed by atoms with van der Waals surface area (Å²) in [6.45, 7) is 4.09. The standard InChI is InChI=1S/C16H12ClNO2S/c1-8-3-4-13(9(2)5-8)21-14-7-12-10(6-11(14)17)15(19)16(20)18-12/h3-7H,1-2H3,(H,18,19,20). The summed E-state index contributed by atoms with van der Waals surface area (Å²) in [6.07, 6.45) is 0. The quantitative estimate of drug-likeness (QED) is 0.843. The molecule has 0 aliphatic carbocycles. The first-order valence-corrected chi connectivity index (χ1v) is 7.59. The molecule has 1 aliphatic heterocycles. The highest BCUT2D eigenvalue weighted by Gasteiger charge is 2.29. The zero-order chi connectivity index (χ0) is 15.1. The lowest BCUT2D eigenvalue weighted by Gasteiger charge is -2.09. The van der Waals surface area contributed by atoms with E-state index in [2.05, 4.69) is 11.4 Å². The fourth-order valence-corrected chi connectivity index (χ4v) is 3.46. The van der Waals surface area contributed by atoms with Crippen LogP contribution in [0.2, 0.25) is 5.02 Å². The van der Waals surface area contributed by atoms with Crippen molar-refractivity contribution in [2.45, 2.75) is 23.6 Å². The van der Waals surface area contributed by atoms with Crippen LogP contribution in [0.3, 0.4) is 0 Å². The monoisotopic (exact) mass is 317 g/mol. The number of carbonyl (C=O) groups is 2. The Morgan fingerprint density at radius 2 is 1.81 bits per heavy atom. The third-order valence-corrected chi connectivity index (χ3v) is 4.98. The van der Waals surface area contributed by atoms with Gasteiger partial charge in [-0.3, -0.25) is 9.59 Å². The number of amides is 1. The van der Waals surface area contributed by atoms with Gasteiger partial charge in [-0.1, -0.05) is 41.1 Å². The predicted octanol–water partition coefficient (Wildman–Crippen LogP) is 4.24. The molecular weight excluding hydrogens is 306 g/mol. The lowest BCUT2D eigenvalue weighted by molar-refractivity contribution is -0.112. The van der Waals surface area contributed by atoms with E-state index in [0.717, 1.165) is 15.4 Å². The van der Waals surface area contributed by atoms with Crippen LogP contribution >= 0.6 is 23.4 Å². The molecule has 0 spiro atoms. The number of halogens is 1. The Morgan fingerprint density at radius 3 is 2.52 bits per heavy atom. The van der Waals surface area contributed by atoms with Gasteiger partial charge >= 0.3 is 0 Å². The van der Waals surface area contributed by atoms with Crippen LogP contribution in [-0.4, -0.2) is 11.7 Å². The van der Waals surface area contributed by atoms with Crippen LogP contribution in [-0.2, 0) is 4.79 Å². The first-order valence-electron chi connectivity index (χ1n) is 6.40. The SMILES string of the molecule is Cc1ccc(Sc2cc3c(cc2Cl)C(=O)C(=O)N3)c(C)c1. The number of rotatable bonds is 2. The number of anilines is 1. The van der Waals surface area contributed by atoms with E-state index in [1.165, 1.54) is 17.3 Å². The molecule has 0 aromatic heterocycles. The molecule has 1 heterocycles. The molecular formula is C16H12ClNO2S. The van der Waals surface area contributed by atoms with Gasteiger partial charge in [0.1, 0.15) is 0 Å². The minimum atomic E-state index is -0.602. The van der Waals surface area contributed by atoms with Crippen molar-refractivity contribution in [3.63, 3.8) is 0 Å². The molecule has 1 amide bonds. The fourth-order valence-electron chi connectivity index (χ4n) is 2.26. The Hall–Kier alpha value is -1.78. The van der Waals surface area contributed by atoms with Gasteiger partial charge in [-0.05, 0) is 37.6 Å². The average molecular weight is 318 g/mol. The number of nitrogens with one attached hydrogen (secondary N) is 1. The summed E-state index contributed by atoms with van der Waals surface area (Å²) in [5.41, 5.74) is 3.24. The molecule has 3 rings (SSSR count). The van der Waals surface area contributed by atoms with Crippen molar-refractivity contribution in [3.8, 4) is 0 Å². The van der Waals surface area contributed by atoms with Crippen LogP contribution in [0.5, 0.6) is 0 Å². The van der Waals surface area contributed by atoms with Crippen LogP contribution in [0, 0.1) is 13.8 Å². The van der Waals surface area contributed by atoms with Gasteiger partial charge in [0.2, 0.25) is 0 Å². The molecule has 21 heavy (non-hydrogen) atoms. The van der Waals surface area contributed by atoms with E-state index in [1.807, 2.05) is 26.0 Å². The van der Waals surface area contributed by atoms with Crippen molar-refractivity contribution in [1.29, 1.82) is 0 Å². The zero-order valence-electron chi connectivity index (χ0n) is 11.5. The Morgan fingerprint density at radius 1 is 1.05 bits per heavy atom. The molecule has 0 radical (unpaired) electrons. The second-order valence-corrected chi connectivity index (χ2v) is 6.47. The number of hydrogen-bond donors (Lipinski definition) is 1. The van der Waals surface area contributed by atoms with E-state index in [1.54, 1.807) is 12.1 Å². The molecule has 0 unspecified atom stereocenters. The van der Waals surface area contributed by atoms with E-state index in [-0.39, 0.29) is 0 Å². The Labute approximate surface area is 131 Å². The van der Waals surface area contributed by atoms with Crippen LogP contribution in [0.15, 0.2) is 40.1 Å². The average Bonchev–Trinajstić information content (AvgIpc) is 2.69. The molecule has 2 aromatic carbocycles. The number of aryl methyl sites for hydroxylation is 2. The third-order valence-electron chi connectivity index (χ3n) is 3.32. The summed E-state index contributed by atoms with van der Waals surface area (Å²) < 4.78 is 0. The van der Waals surface area contributed by atoms with Gasteiger partial charge in [-0.2, -0.15) is 0 Å². The van der Waals surface area contributed by atoms with Crippen LogP contribution in [0.1, 0.15) is 21.5 Å². The van der Waals surface area contributed by atoms with Crippen molar-refractivity contribution >= 4 is 40.7 Å². The van der Waals surface area contributed by atoms with Gasteiger partial charge in [0.05, 0.1) is 16.3 Å². The number of ketones is 1. The number of fused-ring (bicyclic) bond motifs is 1. The minimum Gasteiger partial charge on any atom is -0.318 e. The highest BCUT2D eigenvalue weighted by atomic mass is 35.5. The normalized spacial score (nSPS) is 13.3. The maximum Gasteiger partial charge on any atom is 0.296 e. The summed E-state index contributed by atoms with van der Waals surface area (Å²) in [5, 5.41) is 3.04. The number of carbonyl (C=O) groups excluding carboxylic acids is 2. The second kappa shape index (κ2) is 5.20. The van der Waals surface area contributed by atoms with Gasteiger partial charge in [0, 0.05) is 9.79 Å². The van der Waals surface area contributed by atoms with E-state index in [9.17, 15) is 9.59 Å². The van der Waals surface area contributed by atoms with Gasteiger partial charge < -0.3 is 5.32 Å². The molecule has 0 saturated heterocycles. The Kier molecular flexibility index (Phi) is 3.51. The molecule has 1 N–H and O–H groups in total. The van der Waals surface area contributed by atoms with Crippen LogP contribution in [0.4, 0.5) is 5.69 Å². The lowest BCUT2D eigenvalue weighted by atomic mass is 10.1. The Balaban J connectivity index is 1.99. The molecule has 106 valence electrons. The first-order chi connectivity index (χ1) is 9.95. The van der Waals surface area contributed by atoms with Crippen molar-refractivity contribution < 1.29 is 9.59 Å². The van der Waals surface area contributed by atoms with E-state index in [0.29, 0.717) is 16.3 Å². The molecule has 0 fully saturated rings. The number of benzene rings is 2. The second-order valence-electron chi connectivity index (χ2n) is 4.98. The molecule has 0 bridgehead atoms. The largest absolute Gasteiger partial charge is 0.318 e. The van der Waals surface area contributed by atoms with E-state index in [4.69, 9.17) is 11.6 Å². The summed E-state index contributed by atoms with van der Waals surface area (Å²) in [5.74, 6) is -1.13. The number of hydrogen-bond acceptors (Lipinski definition) is 3. The minimum absolute atomic E-state index is 0.343. The summed E-state index contributed by atoms with van der Waals surface area (Å²) in [6, 6.07) is 9.51. The fraction of sp³-hybridized carbons (Fsp3) is 0.125. The first kappa shape index (κ1) is 14.2. The summed E-state index contributed by atoms with van der Waals surface area (Å²) >= 11 is 7.77. The van der Waals surface area contributed by atoms with Crippen LogP contribution in [0.25, 0.3) is 0 Å². The zero-order valence-corrected chi connectivity index (χ0v) is 13.1. The summed E-state index contributed by atoms with van der Waals surface area (Å²) in [7, 11) is 0. The smallest absolute Gasteiger partial charge is 0.296 e. The molecule has 0 atom stereocenters. The van der Waals surface area contributed by atoms with Crippen LogP contribution < -0.4 is 5.32 Å². The van der Waals surface area contributed by atoms with Gasteiger partial charge in [-0.15, -0.1) is 0 Å². The molecule has 3 nitrogen and oxygen atoms in total. The Bertz CT molecular complexity index is 786. The van der Waals surface area contributed by atoms with Gasteiger partial charge in [0.25, 0.3) is 11.7 Å². The highest BCUT2D eigenvalue weighted by molar-refractivity contribution is 7.99. The molecule has 1 aliphatic rings. The molecule has 2 aromatic rings. The predicted molar refractivity (Wildman–Crippen MR) is 84.5 cm³/mol. The maximum atomic E-state index is 11.6. The van der Waals surface area contributed by atoms with Crippen molar-refractivity contribution in [1.82, 2.24) is 0 Å². The summed E-state index contributed by atoms with van der Waals surface area (Å²) in [4.78, 5) is 24.9. The van der Waals surface area contributed by atoms with Gasteiger partial charge in [-0.25, -0.2) is 0 Å². The van der Waals surface area contributed by atoms with E-state index < -0.39 is 11.7 Å².